The lowest BCUT2D eigenvalue weighted by Gasteiger charge is -2.43. The quantitative estimate of drug-likeness (QED) is 0.295. The van der Waals surface area contributed by atoms with E-state index in [1.54, 1.807) is 38.6 Å². The first-order chi connectivity index (χ1) is 20.6. The number of imide groups is 1. The zero-order valence-corrected chi connectivity index (χ0v) is 25.9. The number of thiazole rings is 1. The Balaban J connectivity index is 1.38. The number of benzene rings is 1. The van der Waals surface area contributed by atoms with E-state index in [2.05, 4.69) is 4.98 Å². The molecule has 2 N–H and O–H groups in total. The van der Waals surface area contributed by atoms with E-state index in [0.29, 0.717) is 24.5 Å². The van der Waals surface area contributed by atoms with E-state index in [0.717, 1.165) is 31.7 Å². The zero-order valence-electron chi connectivity index (χ0n) is 24.2. The van der Waals surface area contributed by atoms with E-state index in [1.165, 1.54) is 0 Å². The number of aromatic nitrogens is 1. The molecule has 7 unspecified atom stereocenters. The van der Waals surface area contributed by atoms with Gasteiger partial charge < -0.3 is 24.3 Å². The number of rotatable bonds is 10. The van der Waals surface area contributed by atoms with Gasteiger partial charge in [0.25, 0.3) is 0 Å². The first-order valence-electron chi connectivity index (χ1n) is 14.6. The maximum absolute atomic E-state index is 13.9. The molecule has 1 aromatic heterocycles. The fraction of sp³-hybridized carbons (Fsp3) is 0.567. The molecule has 2 bridgehead atoms. The second-order valence-corrected chi connectivity index (χ2v) is 14.0. The van der Waals surface area contributed by atoms with Gasteiger partial charge in [0.1, 0.15) is 6.04 Å². The molecule has 0 radical (unpaired) electrons. The first kappa shape index (κ1) is 29.7. The van der Waals surface area contributed by atoms with Crippen LogP contribution in [0.1, 0.15) is 50.5 Å². The number of esters is 1. The molecule has 1 aromatic carbocycles. The molecule has 13 heteroatoms. The van der Waals surface area contributed by atoms with Crippen molar-refractivity contribution in [2.45, 2.75) is 56.4 Å². The van der Waals surface area contributed by atoms with E-state index >= 15 is 0 Å². The van der Waals surface area contributed by atoms with Crippen LogP contribution in [-0.2, 0) is 23.9 Å². The SMILES string of the molecule is CCOC(=O)COc1ccc([C@H]2c3sc(=O)[nH]c3SC3C4CC(C5C(=O)N(C(C(=O)O)C(C)C)C(=O)C45)C32)cc1OCC. The van der Waals surface area contributed by atoms with Crippen molar-refractivity contribution in [2.75, 3.05) is 19.8 Å². The van der Waals surface area contributed by atoms with Crippen LogP contribution in [0.25, 0.3) is 0 Å². The van der Waals surface area contributed by atoms with Crippen molar-refractivity contribution in [1.82, 2.24) is 9.88 Å². The van der Waals surface area contributed by atoms with Gasteiger partial charge in [0.2, 0.25) is 11.8 Å². The van der Waals surface area contributed by atoms with Gasteiger partial charge >= 0.3 is 16.8 Å². The number of aliphatic carboxylic acids is 1. The van der Waals surface area contributed by atoms with Gasteiger partial charge in [0.15, 0.2) is 18.1 Å². The third-order valence-electron chi connectivity index (χ3n) is 9.20. The number of carboxylic acid groups (broad SMARTS) is 1. The Hall–Kier alpha value is -3.32. The molecule has 2 saturated carbocycles. The molecule has 43 heavy (non-hydrogen) atoms. The van der Waals surface area contributed by atoms with Crippen molar-refractivity contribution in [3.8, 4) is 11.5 Å². The summed E-state index contributed by atoms with van der Waals surface area (Å²) in [5.74, 6) is -3.77. The molecule has 11 nitrogen and oxygen atoms in total. The van der Waals surface area contributed by atoms with Crippen molar-refractivity contribution in [3.05, 3.63) is 38.3 Å². The highest BCUT2D eigenvalue weighted by Crippen LogP contribution is 2.68. The number of nitrogens with one attached hydrogen (secondary N) is 1. The Labute approximate surface area is 256 Å². The number of thioether (sulfide) groups is 1. The Morgan fingerprint density at radius 2 is 1.77 bits per heavy atom. The van der Waals surface area contributed by atoms with Crippen LogP contribution in [-0.4, -0.2) is 69.9 Å². The van der Waals surface area contributed by atoms with Crippen LogP contribution in [0.5, 0.6) is 11.5 Å². The van der Waals surface area contributed by atoms with Gasteiger partial charge in [-0.1, -0.05) is 31.3 Å². The van der Waals surface area contributed by atoms with Crippen molar-refractivity contribution in [1.29, 1.82) is 0 Å². The van der Waals surface area contributed by atoms with Crippen LogP contribution in [0.3, 0.4) is 0 Å². The number of hydrogen-bond donors (Lipinski definition) is 2. The third kappa shape index (κ3) is 4.75. The number of hydrogen-bond acceptors (Lipinski definition) is 10. The number of carboxylic acids is 1. The standard InChI is InChI=1S/C30H34N2O9S2/c1-5-39-17-9-13(7-8-16(17)41-11-18(33)40-6-2)19-20-14-10-15(24(20)42-26-25(19)43-30(38)31-26)22-21(14)27(34)32(28(22)35)23(12(3)4)29(36)37/h7-9,12,14-15,19-24H,5-6,10-11H2,1-4H3,(H,31,38)(H,36,37)/t14?,15?,19-,20?,21?,22?,23?,24?/m1/s1. The number of nitrogens with zero attached hydrogens (tertiary/aromatic N) is 1. The molecule has 2 aromatic rings. The summed E-state index contributed by atoms with van der Waals surface area (Å²) in [6.07, 6.45) is 0.692. The molecule has 2 aliphatic carbocycles. The number of ether oxygens (including phenoxy) is 3. The molecule has 1 saturated heterocycles. The van der Waals surface area contributed by atoms with Crippen molar-refractivity contribution < 1.29 is 38.5 Å². The van der Waals surface area contributed by atoms with Crippen molar-refractivity contribution >= 4 is 46.9 Å². The molecule has 2 amide bonds. The lowest BCUT2D eigenvalue weighted by atomic mass is 9.68. The van der Waals surface area contributed by atoms with Crippen LogP contribution in [0, 0.1) is 35.5 Å². The predicted molar refractivity (Wildman–Crippen MR) is 156 cm³/mol. The summed E-state index contributed by atoms with van der Waals surface area (Å²) in [7, 11) is 0. The van der Waals surface area contributed by atoms with Gasteiger partial charge in [-0.05, 0) is 61.6 Å². The molecular formula is C30H34N2O9S2. The van der Waals surface area contributed by atoms with E-state index in [-0.39, 0.29) is 52.9 Å². The summed E-state index contributed by atoms with van der Waals surface area (Å²) in [5.41, 5.74) is 0.877. The highest BCUT2D eigenvalue weighted by molar-refractivity contribution is 8.00. The van der Waals surface area contributed by atoms with Crippen molar-refractivity contribution in [2.24, 2.45) is 35.5 Å². The normalized spacial score (nSPS) is 29.3. The van der Waals surface area contributed by atoms with Crippen LogP contribution < -0.4 is 14.3 Å². The van der Waals surface area contributed by atoms with Crippen LogP contribution in [0.2, 0.25) is 0 Å². The third-order valence-corrected chi connectivity index (χ3v) is 11.8. The number of amides is 2. The van der Waals surface area contributed by atoms with Gasteiger partial charge in [0, 0.05) is 16.0 Å². The molecule has 3 fully saturated rings. The molecular weight excluding hydrogens is 596 g/mol. The summed E-state index contributed by atoms with van der Waals surface area (Å²) in [6, 6.07) is 4.30. The highest BCUT2D eigenvalue weighted by atomic mass is 32.2. The fourth-order valence-electron chi connectivity index (χ4n) is 7.83. The largest absolute Gasteiger partial charge is 0.490 e. The van der Waals surface area contributed by atoms with Crippen LogP contribution in [0.4, 0.5) is 0 Å². The number of aromatic amines is 1. The zero-order chi connectivity index (χ0) is 30.7. The van der Waals surface area contributed by atoms with E-state index in [9.17, 15) is 29.1 Å². The predicted octanol–water partition coefficient (Wildman–Crippen LogP) is 3.36. The van der Waals surface area contributed by atoms with Gasteiger partial charge in [-0.15, -0.1) is 11.8 Å². The number of carbonyl (C=O) groups excluding carboxylic acids is 3. The Bertz CT molecular complexity index is 1530. The second-order valence-electron chi connectivity index (χ2n) is 11.8. The average molecular weight is 631 g/mol. The lowest BCUT2D eigenvalue weighted by Crippen LogP contribution is -2.49. The minimum absolute atomic E-state index is 0.0386. The summed E-state index contributed by atoms with van der Waals surface area (Å²) >= 11 is 2.71. The summed E-state index contributed by atoms with van der Waals surface area (Å²) in [5, 5.41) is 10.7. The first-order valence-corrected chi connectivity index (χ1v) is 16.3. The van der Waals surface area contributed by atoms with E-state index in [4.69, 9.17) is 14.2 Å². The minimum Gasteiger partial charge on any atom is -0.490 e. The van der Waals surface area contributed by atoms with Crippen molar-refractivity contribution in [3.63, 3.8) is 0 Å². The molecule has 4 aliphatic rings. The molecule has 3 heterocycles. The fourth-order valence-corrected chi connectivity index (χ4v) is 10.7. The molecule has 2 aliphatic heterocycles. The number of carbonyl (C=O) groups is 4. The van der Waals surface area contributed by atoms with Gasteiger partial charge in [0.05, 0.1) is 30.1 Å². The van der Waals surface area contributed by atoms with Crippen LogP contribution in [0.15, 0.2) is 28.0 Å². The van der Waals surface area contributed by atoms with Gasteiger partial charge in [-0.25, -0.2) is 9.59 Å². The molecule has 0 spiro atoms. The number of likely N-dealkylation sites (tertiary alicyclic amines) is 1. The van der Waals surface area contributed by atoms with Gasteiger partial charge in [-0.2, -0.15) is 0 Å². The number of H-pyrrole nitrogens is 1. The topological polar surface area (TPSA) is 152 Å². The smallest absolute Gasteiger partial charge is 0.344 e. The Kier molecular flexibility index (Phi) is 7.82. The Morgan fingerprint density at radius 1 is 1.05 bits per heavy atom. The van der Waals surface area contributed by atoms with E-state index in [1.807, 2.05) is 19.1 Å². The maximum Gasteiger partial charge on any atom is 0.344 e. The summed E-state index contributed by atoms with van der Waals surface area (Å²) in [4.78, 5) is 69.0. The average Bonchev–Trinajstić information content (AvgIpc) is 3.68. The second kappa shape index (κ2) is 11.3. The van der Waals surface area contributed by atoms with E-state index < -0.39 is 41.6 Å². The summed E-state index contributed by atoms with van der Waals surface area (Å²) < 4.78 is 16.6. The minimum atomic E-state index is -1.20. The molecule has 230 valence electrons. The maximum atomic E-state index is 13.9. The molecule has 6 rings (SSSR count). The number of fused-ring (bicyclic) bond motifs is 9. The Morgan fingerprint density at radius 3 is 2.42 bits per heavy atom. The van der Waals surface area contributed by atoms with Crippen LogP contribution >= 0.6 is 23.1 Å². The lowest BCUT2D eigenvalue weighted by molar-refractivity contribution is -0.157. The monoisotopic (exact) mass is 630 g/mol. The summed E-state index contributed by atoms with van der Waals surface area (Å²) in [6.45, 7) is 7.31. The highest BCUT2D eigenvalue weighted by Gasteiger charge is 2.70. The molecule has 8 atom stereocenters. The van der Waals surface area contributed by atoms with Gasteiger partial charge in [-0.3, -0.25) is 19.3 Å².